The maximum absolute atomic E-state index is 12.0. The predicted molar refractivity (Wildman–Crippen MR) is 102 cm³/mol. The first kappa shape index (κ1) is 19.8. The number of nitrogens with zero attached hydrogens (tertiary/aromatic N) is 1. The van der Waals surface area contributed by atoms with Gasteiger partial charge in [-0.2, -0.15) is 5.26 Å². The molecule has 0 saturated carbocycles. The summed E-state index contributed by atoms with van der Waals surface area (Å²) in [7, 11) is 0. The zero-order chi connectivity index (χ0) is 18.6. The van der Waals surface area contributed by atoms with Crippen LogP contribution in [0.1, 0.15) is 28.8 Å². The first-order valence-corrected chi connectivity index (χ1v) is 8.90. The van der Waals surface area contributed by atoms with Crippen LogP contribution in [0.5, 0.6) is 5.75 Å². The van der Waals surface area contributed by atoms with Crippen LogP contribution in [-0.4, -0.2) is 25.6 Å². The van der Waals surface area contributed by atoms with Crippen LogP contribution in [0.15, 0.2) is 48.5 Å². The maximum atomic E-state index is 12.0. The van der Waals surface area contributed by atoms with Gasteiger partial charge in [-0.15, -0.1) is 0 Å². The minimum absolute atomic E-state index is 0.115. The Bertz CT molecular complexity index is 741. The van der Waals surface area contributed by atoms with E-state index in [-0.39, 0.29) is 5.91 Å². The number of rotatable bonds is 10. The van der Waals surface area contributed by atoms with Crippen LogP contribution in [0.3, 0.4) is 0 Å². The van der Waals surface area contributed by atoms with Crippen LogP contribution < -0.4 is 15.4 Å². The molecule has 5 nitrogen and oxygen atoms in total. The van der Waals surface area contributed by atoms with Crippen LogP contribution in [0, 0.1) is 11.3 Å². The number of benzene rings is 2. The van der Waals surface area contributed by atoms with Crippen molar-refractivity contribution in [3.63, 3.8) is 0 Å². The summed E-state index contributed by atoms with van der Waals surface area (Å²) in [5, 5.41) is 15.3. The number of carbonyl (C=O) groups is 1. The summed E-state index contributed by atoms with van der Waals surface area (Å²) in [4.78, 5) is 12.0. The van der Waals surface area contributed by atoms with Gasteiger partial charge < -0.3 is 15.4 Å². The van der Waals surface area contributed by atoms with Crippen molar-refractivity contribution in [1.82, 2.24) is 10.6 Å². The van der Waals surface area contributed by atoms with Gasteiger partial charge in [-0.1, -0.05) is 23.7 Å². The average Bonchev–Trinajstić information content (AvgIpc) is 2.66. The molecule has 26 heavy (non-hydrogen) atoms. The maximum Gasteiger partial charge on any atom is 0.251 e. The van der Waals surface area contributed by atoms with Gasteiger partial charge in [0.2, 0.25) is 0 Å². The molecule has 0 aliphatic heterocycles. The lowest BCUT2D eigenvalue weighted by atomic mass is 10.2. The van der Waals surface area contributed by atoms with Gasteiger partial charge in [-0.05, 0) is 48.4 Å². The second-order valence-corrected chi connectivity index (χ2v) is 6.13. The van der Waals surface area contributed by atoms with E-state index in [1.54, 1.807) is 24.3 Å². The van der Waals surface area contributed by atoms with Crippen LogP contribution in [0.25, 0.3) is 0 Å². The third-order valence-corrected chi connectivity index (χ3v) is 3.87. The molecular weight excluding hydrogens is 350 g/mol. The molecule has 6 heteroatoms. The number of unbranched alkanes of at least 4 members (excludes halogenated alkanes) is 1. The summed E-state index contributed by atoms with van der Waals surface area (Å²) in [6.07, 6.45) is 1.23. The zero-order valence-electron chi connectivity index (χ0n) is 14.5. The molecule has 2 N–H and O–H groups in total. The van der Waals surface area contributed by atoms with Crippen molar-refractivity contribution in [3.05, 3.63) is 64.7 Å². The van der Waals surface area contributed by atoms with Gasteiger partial charge >= 0.3 is 0 Å². The van der Waals surface area contributed by atoms with Crippen LogP contribution in [0.2, 0.25) is 5.02 Å². The SMILES string of the molecule is N#CCCCOc1cccc(CNCCNC(=O)c2ccc(Cl)cc2)c1. The van der Waals surface area contributed by atoms with Crippen LogP contribution >= 0.6 is 11.6 Å². The quantitative estimate of drug-likeness (QED) is 0.626. The summed E-state index contributed by atoms with van der Waals surface area (Å²) in [6.45, 7) is 2.42. The first-order valence-electron chi connectivity index (χ1n) is 8.52. The highest BCUT2D eigenvalue weighted by atomic mass is 35.5. The highest BCUT2D eigenvalue weighted by Crippen LogP contribution is 2.13. The van der Waals surface area contributed by atoms with Crippen molar-refractivity contribution in [1.29, 1.82) is 5.26 Å². The van der Waals surface area contributed by atoms with Crippen molar-refractivity contribution in [3.8, 4) is 11.8 Å². The number of carbonyl (C=O) groups excluding carboxylic acids is 1. The van der Waals surface area contributed by atoms with E-state index in [0.717, 1.165) is 17.7 Å². The van der Waals surface area contributed by atoms with E-state index in [9.17, 15) is 4.79 Å². The van der Waals surface area contributed by atoms with Gasteiger partial charge in [-0.25, -0.2) is 0 Å². The summed E-state index contributed by atoms with van der Waals surface area (Å²) in [5.41, 5.74) is 1.70. The Kier molecular flexibility index (Phi) is 8.47. The number of hydrogen-bond acceptors (Lipinski definition) is 4. The van der Waals surface area contributed by atoms with E-state index in [2.05, 4.69) is 16.7 Å². The van der Waals surface area contributed by atoms with E-state index >= 15 is 0 Å². The molecule has 0 unspecified atom stereocenters. The van der Waals surface area contributed by atoms with Crippen molar-refractivity contribution < 1.29 is 9.53 Å². The van der Waals surface area contributed by atoms with Crippen molar-refractivity contribution in [2.45, 2.75) is 19.4 Å². The summed E-state index contributed by atoms with van der Waals surface area (Å²) >= 11 is 5.81. The standard InChI is InChI=1S/C20H22ClN3O2/c21-18-8-6-17(7-9-18)20(25)24-12-11-23-15-16-4-3-5-19(14-16)26-13-2-1-10-22/h3-9,14,23H,1-2,11-13,15H2,(H,24,25). The molecular formula is C20H22ClN3O2. The van der Waals surface area contributed by atoms with E-state index in [1.807, 2.05) is 24.3 Å². The van der Waals surface area contributed by atoms with Crippen molar-refractivity contribution in [2.75, 3.05) is 19.7 Å². The molecule has 0 aliphatic rings. The molecule has 0 fully saturated rings. The Morgan fingerprint density at radius 3 is 2.73 bits per heavy atom. The Morgan fingerprint density at radius 2 is 1.96 bits per heavy atom. The Labute approximate surface area is 158 Å². The Hall–Kier alpha value is -2.55. The molecule has 0 heterocycles. The molecule has 1 amide bonds. The number of nitriles is 1. The molecule has 2 aromatic rings. The summed E-state index contributed by atoms with van der Waals surface area (Å²) in [5.74, 6) is 0.689. The molecule has 0 aromatic heterocycles. The predicted octanol–water partition coefficient (Wildman–Crippen LogP) is 3.54. The van der Waals surface area contributed by atoms with Gasteiger partial charge in [0.05, 0.1) is 12.7 Å². The number of nitrogens with one attached hydrogen (secondary N) is 2. The normalized spacial score (nSPS) is 10.2. The van der Waals surface area contributed by atoms with E-state index < -0.39 is 0 Å². The average molecular weight is 372 g/mol. The Balaban J connectivity index is 1.65. The van der Waals surface area contributed by atoms with Crippen molar-refractivity contribution >= 4 is 17.5 Å². The molecule has 136 valence electrons. The summed E-state index contributed by atoms with van der Waals surface area (Å²) < 4.78 is 5.62. The van der Waals surface area contributed by atoms with Crippen LogP contribution in [0.4, 0.5) is 0 Å². The summed E-state index contributed by atoms with van der Waals surface area (Å²) in [6, 6.07) is 16.7. The molecule has 0 saturated heterocycles. The number of amides is 1. The fourth-order valence-electron chi connectivity index (χ4n) is 2.29. The number of hydrogen-bond donors (Lipinski definition) is 2. The largest absolute Gasteiger partial charge is 0.494 e. The van der Waals surface area contributed by atoms with E-state index in [4.69, 9.17) is 21.6 Å². The third kappa shape index (κ3) is 7.14. The van der Waals surface area contributed by atoms with Crippen LogP contribution in [-0.2, 0) is 6.54 Å². The smallest absolute Gasteiger partial charge is 0.251 e. The molecule has 2 rings (SSSR count). The lowest BCUT2D eigenvalue weighted by molar-refractivity contribution is 0.0954. The van der Waals surface area contributed by atoms with Crippen molar-refractivity contribution in [2.24, 2.45) is 0 Å². The first-order chi connectivity index (χ1) is 12.7. The fourth-order valence-corrected chi connectivity index (χ4v) is 2.41. The van der Waals surface area contributed by atoms with Gasteiger partial charge in [0, 0.05) is 36.6 Å². The van der Waals surface area contributed by atoms with Gasteiger partial charge in [0.15, 0.2) is 0 Å². The van der Waals surface area contributed by atoms with E-state index in [0.29, 0.717) is 43.2 Å². The zero-order valence-corrected chi connectivity index (χ0v) is 15.3. The number of halogens is 1. The Morgan fingerprint density at radius 1 is 1.15 bits per heavy atom. The minimum atomic E-state index is -0.115. The molecule has 0 radical (unpaired) electrons. The second-order valence-electron chi connectivity index (χ2n) is 5.70. The second kappa shape index (κ2) is 11.1. The van der Waals surface area contributed by atoms with E-state index in [1.165, 1.54) is 0 Å². The lowest BCUT2D eigenvalue weighted by Gasteiger charge is -2.09. The third-order valence-electron chi connectivity index (χ3n) is 3.62. The molecule has 0 spiro atoms. The monoisotopic (exact) mass is 371 g/mol. The van der Waals surface area contributed by atoms with Gasteiger partial charge in [-0.3, -0.25) is 4.79 Å². The highest BCUT2D eigenvalue weighted by molar-refractivity contribution is 6.30. The van der Waals surface area contributed by atoms with Gasteiger partial charge in [0.1, 0.15) is 5.75 Å². The minimum Gasteiger partial charge on any atom is -0.494 e. The molecule has 0 atom stereocenters. The molecule has 2 aromatic carbocycles. The molecule has 0 aliphatic carbocycles. The fraction of sp³-hybridized carbons (Fsp3) is 0.300. The number of ether oxygens (including phenoxy) is 1. The highest BCUT2D eigenvalue weighted by Gasteiger charge is 2.04. The topological polar surface area (TPSA) is 74.2 Å². The van der Waals surface area contributed by atoms with Gasteiger partial charge in [0.25, 0.3) is 5.91 Å². The lowest BCUT2D eigenvalue weighted by Crippen LogP contribution is -2.31. The molecule has 0 bridgehead atoms.